The Morgan fingerprint density at radius 3 is 1.86 bits per heavy atom. The molecule has 0 heterocycles. The van der Waals surface area contributed by atoms with E-state index in [1.807, 2.05) is 0 Å². The third kappa shape index (κ3) is 4.48. The molecule has 0 N–H and O–H groups in total. The first-order valence-electron chi connectivity index (χ1n) is 6.66. The molecule has 0 aromatic heterocycles. The highest BCUT2D eigenvalue weighted by Gasteiger charge is 2.19. The Balaban J connectivity index is 2.05. The van der Waals surface area contributed by atoms with E-state index in [-0.39, 0.29) is 0 Å². The molecule has 0 aromatic carbocycles. The third-order valence-corrected chi connectivity index (χ3v) is 3.79. The molecule has 0 amide bonds. The Hall–Kier alpha value is 0. The second kappa shape index (κ2) is 7.31. The monoisotopic (exact) mass is 195 g/mol. The van der Waals surface area contributed by atoms with Gasteiger partial charge in [-0.1, -0.05) is 78.1 Å². The van der Waals surface area contributed by atoms with Gasteiger partial charge >= 0.3 is 0 Å². The molecule has 0 aliphatic heterocycles. The molecule has 0 saturated heterocycles. The second-order valence-electron chi connectivity index (χ2n) is 5.02. The highest BCUT2D eigenvalue weighted by atomic mass is 14.3. The molecule has 0 spiro atoms. The predicted octanol–water partition coefficient (Wildman–Crippen LogP) is 4.99. The van der Waals surface area contributed by atoms with Crippen LogP contribution in [0.1, 0.15) is 71.1 Å². The average molecular weight is 195 g/mol. The van der Waals surface area contributed by atoms with Gasteiger partial charge in [0.2, 0.25) is 0 Å². The topological polar surface area (TPSA) is 0 Å². The summed E-state index contributed by atoms with van der Waals surface area (Å²) in [5, 5.41) is 0. The highest BCUT2D eigenvalue weighted by molar-refractivity contribution is 4.72. The first-order valence-corrected chi connectivity index (χ1v) is 6.66. The van der Waals surface area contributed by atoms with Crippen LogP contribution < -0.4 is 0 Å². The first kappa shape index (κ1) is 12.1. The van der Waals surface area contributed by atoms with Crippen LogP contribution in [-0.4, -0.2) is 0 Å². The molecule has 0 unspecified atom stereocenters. The van der Waals surface area contributed by atoms with Crippen LogP contribution in [0.25, 0.3) is 0 Å². The molecule has 1 saturated carbocycles. The summed E-state index contributed by atoms with van der Waals surface area (Å²) in [4.78, 5) is 0. The van der Waals surface area contributed by atoms with Crippen molar-refractivity contribution in [2.24, 2.45) is 11.8 Å². The van der Waals surface area contributed by atoms with Gasteiger partial charge in [0.1, 0.15) is 0 Å². The van der Waals surface area contributed by atoms with E-state index in [0.717, 1.165) is 18.3 Å². The van der Waals surface area contributed by atoms with E-state index in [1.54, 1.807) is 0 Å². The largest absolute Gasteiger partial charge is 0.0654 e. The Morgan fingerprint density at radius 1 is 0.929 bits per heavy atom. The van der Waals surface area contributed by atoms with Gasteiger partial charge in [-0.25, -0.2) is 0 Å². The summed E-state index contributed by atoms with van der Waals surface area (Å²) < 4.78 is 0. The predicted molar refractivity (Wildman–Crippen MR) is 64.2 cm³/mol. The molecule has 0 aromatic rings. The SMILES string of the molecule is [CH2]CCCC1CCC(CCCC)CC1. The molecule has 83 valence electrons. The lowest BCUT2D eigenvalue weighted by atomic mass is 9.78. The van der Waals surface area contributed by atoms with Crippen LogP contribution in [0.2, 0.25) is 0 Å². The second-order valence-corrected chi connectivity index (χ2v) is 5.02. The molecule has 0 heteroatoms. The van der Waals surface area contributed by atoms with Gasteiger partial charge in [0.05, 0.1) is 0 Å². The Kier molecular flexibility index (Phi) is 6.31. The van der Waals surface area contributed by atoms with Crippen LogP contribution in [0.15, 0.2) is 0 Å². The molecule has 1 rings (SSSR count). The van der Waals surface area contributed by atoms with Gasteiger partial charge in [-0.05, 0) is 11.8 Å². The Morgan fingerprint density at radius 2 is 1.43 bits per heavy atom. The maximum atomic E-state index is 3.93. The van der Waals surface area contributed by atoms with E-state index in [1.165, 1.54) is 57.8 Å². The van der Waals surface area contributed by atoms with Gasteiger partial charge in [0.25, 0.3) is 0 Å². The quantitative estimate of drug-likeness (QED) is 0.560. The van der Waals surface area contributed by atoms with Gasteiger partial charge in [-0.3, -0.25) is 0 Å². The van der Waals surface area contributed by atoms with Crippen LogP contribution in [-0.2, 0) is 0 Å². The third-order valence-electron chi connectivity index (χ3n) is 3.79. The molecule has 1 aliphatic rings. The maximum absolute atomic E-state index is 3.93. The van der Waals surface area contributed by atoms with Crippen LogP contribution in [0.4, 0.5) is 0 Å². The van der Waals surface area contributed by atoms with Crippen molar-refractivity contribution in [3.63, 3.8) is 0 Å². The standard InChI is InChI=1S/C14H27/c1-3-5-7-13-9-11-14(12-10-13)8-6-4-2/h13-14H,1,3-12H2,2H3. The van der Waals surface area contributed by atoms with Crippen molar-refractivity contribution in [2.45, 2.75) is 71.1 Å². The zero-order valence-corrected chi connectivity index (χ0v) is 9.93. The summed E-state index contributed by atoms with van der Waals surface area (Å²) in [6, 6.07) is 0. The summed E-state index contributed by atoms with van der Waals surface area (Å²) in [6.45, 7) is 6.23. The summed E-state index contributed by atoms with van der Waals surface area (Å²) in [5.41, 5.74) is 0. The van der Waals surface area contributed by atoms with Crippen molar-refractivity contribution in [1.82, 2.24) is 0 Å². The first-order chi connectivity index (χ1) is 6.86. The van der Waals surface area contributed by atoms with E-state index in [9.17, 15) is 0 Å². The minimum Gasteiger partial charge on any atom is -0.0654 e. The number of rotatable bonds is 6. The van der Waals surface area contributed by atoms with Crippen molar-refractivity contribution >= 4 is 0 Å². The molecular formula is C14H27. The van der Waals surface area contributed by atoms with Crippen LogP contribution >= 0.6 is 0 Å². The van der Waals surface area contributed by atoms with E-state index in [0.29, 0.717) is 0 Å². The van der Waals surface area contributed by atoms with Crippen molar-refractivity contribution < 1.29 is 0 Å². The summed E-state index contributed by atoms with van der Waals surface area (Å²) in [6.07, 6.45) is 14.3. The fourth-order valence-corrected chi connectivity index (χ4v) is 2.73. The minimum atomic E-state index is 1.05. The summed E-state index contributed by atoms with van der Waals surface area (Å²) in [5.74, 6) is 2.13. The Bertz CT molecular complexity index is 104. The number of unbranched alkanes of at least 4 members (excludes halogenated alkanes) is 2. The molecular weight excluding hydrogens is 168 g/mol. The zero-order chi connectivity index (χ0) is 10.2. The fourth-order valence-electron chi connectivity index (χ4n) is 2.73. The lowest BCUT2D eigenvalue weighted by Crippen LogP contribution is -2.14. The minimum absolute atomic E-state index is 1.05. The molecule has 0 nitrogen and oxygen atoms in total. The molecule has 1 fully saturated rings. The smallest absolute Gasteiger partial charge is 0.0414 e. The van der Waals surface area contributed by atoms with Gasteiger partial charge in [-0.2, -0.15) is 0 Å². The maximum Gasteiger partial charge on any atom is -0.0414 e. The van der Waals surface area contributed by atoms with Crippen molar-refractivity contribution in [3.05, 3.63) is 6.92 Å². The van der Waals surface area contributed by atoms with Crippen LogP contribution in [0.3, 0.4) is 0 Å². The van der Waals surface area contributed by atoms with E-state index in [4.69, 9.17) is 0 Å². The molecule has 1 aliphatic carbocycles. The molecule has 0 atom stereocenters. The van der Waals surface area contributed by atoms with E-state index < -0.39 is 0 Å². The number of hydrogen-bond donors (Lipinski definition) is 0. The summed E-state index contributed by atoms with van der Waals surface area (Å²) in [7, 11) is 0. The van der Waals surface area contributed by atoms with Crippen LogP contribution in [0, 0.1) is 18.8 Å². The van der Waals surface area contributed by atoms with Gasteiger partial charge in [0.15, 0.2) is 0 Å². The average Bonchev–Trinajstić information content (AvgIpc) is 2.25. The lowest BCUT2D eigenvalue weighted by molar-refractivity contribution is 0.247. The number of hydrogen-bond acceptors (Lipinski definition) is 0. The van der Waals surface area contributed by atoms with E-state index in [2.05, 4.69) is 13.8 Å². The molecule has 14 heavy (non-hydrogen) atoms. The van der Waals surface area contributed by atoms with Crippen molar-refractivity contribution in [2.75, 3.05) is 0 Å². The fraction of sp³-hybridized carbons (Fsp3) is 0.929. The van der Waals surface area contributed by atoms with E-state index >= 15 is 0 Å². The Labute approximate surface area is 90.5 Å². The lowest BCUT2D eigenvalue weighted by Gasteiger charge is -2.28. The summed E-state index contributed by atoms with van der Waals surface area (Å²) >= 11 is 0. The van der Waals surface area contributed by atoms with Gasteiger partial charge in [-0.15, -0.1) is 0 Å². The van der Waals surface area contributed by atoms with Gasteiger partial charge in [0, 0.05) is 0 Å². The van der Waals surface area contributed by atoms with Gasteiger partial charge < -0.3 is 0 Å². The normalized spacial score (nSPS) is 27.9. The van der Waals surface area contributed by atoms with Crippen LogP contribution in [0.5, 0.6) is 0 Å². The zero-order valence-electron chi connectivity index (χ0n) is 9.93. The highest BCUT2D eigenvalue weighted by Crippen LogP contribution is 2.34. The van der Waals surface area contributed by atoms with Crippen molar-refractivity contribution in [3.8, 4) is 0 Å². The molecule has 0 bridgehead atoms. The van der Waals surface area contributed by atoms with Crippen molar-refractivity contribution in [1.29, 1.82) is 0 Å². The molecule has 1 radical (unpaired) electrons.